The van der Waals surface area contributed by atoms with E-state index in [1.54, 1.807) is 52.1 Å². The minimum atomic E-state index is -0.769. The Hall–Kier alpha value is -5.73. The smallest absolute Gasteiger partial charge is 0.298 e. The van der Waals surface area contributed by atoms with Gasteiger partial charge in [-0.3, -0.25) is 29.2 Å². The maximum absolute atomic E-state index is 13.3. The van der Waals surface area contributed by atoms with Gasteiger partial charge >= 0.3 is 0 Å². The molecule has 5 N–H and O–H groups in total. The van der Waals surface area contributed by atoms with E-state index in [0.717, 1.165) is 6.07 Å². The molecule has 0 unspecified atom stereocenters. The van der Waals surface area contributed by atoms with Crippen LogP contribution >= 0.6 is 0 Å². The van der Waals surface area contributed by atoms with E-state index >= 15 is 0 Å². The second-order valence-corrected chi connectivity index (χ2v) is 9.49. The maximum atomic E-state index is 13.3. The molecule has 4 aromatic rings. The van der Waals surface area contributed by atoms with E-state index < -0.39 is 22.6 Å². The summed E-state index contributed by atoms with van der Waals surface area (Å²) in [4.78, 5) is 52.1. The van der Waals surface area contributed by atoms with Crippen molar-refractivity contribution < 1.29 is 24.0 Å². The summed E-state index contributed by atoms with van der Waals surface area (Å²) in [6.07, 6.45) is 3.52. The lowest BCUT2D eigenvalue weighted by Gasteiger charge is -2.08. The Morgan fingerprint density at radius 1 is 1.12 bits per heavy atom. The van der Waals surface area contributed by atoms with Gasteiger partial charge < -0.3 is 30.7 Å². The van der Waals surface area contributed by atoms with Crippen LogP contribution in [-0.4, -0.2) is 55.2 Å². The normalized spacial score (nSPS) is 11.8. The Kier molecular flexibility index (Phi) is 8.73. The van der Waals surface area contributed by atoms with Crippen LogP contribution in [-0.2, 0) is 20.1 Å². The van der Waals surface area contributed by atoms with Crippen LogP contribution in [0.3, 0.4) is 0 Å². The number of aromatic nitrogens is 4. The molecule has 0 bridgehead atoms. The van der Waals surface area contributed by atoms with Crippen molar-refractivity contribution in [3.63, 3.8) is 0 Å². The number of ether oxygens (including phenoxy) is 1. The standard InChI is InChI=1S/C28H31N9O6/c1-5-36-22(12-16(2)33-36)27(40)32-28-34(3)21-14-18(26(30)39)15-23(43-4)24(21)35(28)11-7-6-10-31-19-9-8-17(25(29)38)13-20(19)37(41)42/h6-9,12-15,31H,5,10-11H2,1-4H3,(H2,29,38)(H2,30,39)/b7-6+,32-28?. The maximum Gasteiger partial charge on any atom is 0.298 e. The first-order valence-electron chi connectivity index (χ1n) is 13.1. The van der Waals surface area contributed by atoms with E-state index in [-0.39, 0.29) is 41.2 Å². The van der Waals surface area contributed by atoms with Crippen molar-refractivity contribution >= 4 is 40.1 Å². The van der Waals surface area contributed by atoms with Crippen LogP contribution < -0.4 is 27.1 Å². The molecular formula is C28H31N9O6. The van der Waals surface area contributed by atoms with Gasteiger partial charge in [-0.1, -0.05) is 12.2 Å². The number of fused-ring (bicyclic) bond motifs is 1. The molecule has 0 aliphatic rings. The lowest BCUT2D eigenvalue weighted by molar-refractivity contribution is -0.384. The largest absolute Gasteiger partial charge is 0.494 e. The van der Waals surface area contributed by atoms with E-state index in [2.05, 4.69) is 15.4 Å². The monoisotopic (exact) mass is 589 g/mol. The number of allylic oxidation sites excluding steroid dienone is 1. The third kappa shape index (κ3) is 6.14. The number of rotatable bonds is 11. The third-order valence-electron chi connectivity index (χ3n) is 6.70. The topological polar surface area (TPSA) is 208 Å². The second kappa shape index (κ2) is 12.4. The number of hydrogen-bond donors (Lipinski definition) is 3. The summed E-state index contributed by atoms with van der Waals surface area (Å²) < 4.78 is 10.6. The van der Waals surface area contributed by atoms with Gasteiger partial charge in [0.05, 0.1) is 23.2 Å². The Bertz CT molecular complexity index is 1860. The van der Waals surface area contributed by atoms with Gasteiger partial charge in [0.1, 0.15) is 22.6 Å². The molecule has 0 aliphatic heterocycles. The number of anilines is 1. The number of amides is 3. The fraction of sp³-hybridized carbons (Fsp3) is 0.250. The molecule has 2 aromatic carbocycles. The van der Waals surface area contributed by atoms with Crippen LogP contribution in [0.15, 0.2) is 53.5 Å². The number of benzene rings is 2. The molecule has 43 heavy (non-hydrogen) atoms. The summed E-state index contributed by atoms with van der Waals surface area (Å²) in [6, 6.07) is 8.70. The van der Waals surface area contributed by atoms with Gasteiger partial charge in [-0.2, -0.15) is 10.1 Å². The number of primary amides is 2. The number of aryl methyl sites for hydroxylation is 3. The van der Waals surface area contributed by atoms with Gasteiger partial charge in [0.2, 0.25) is 17.4 Å². The van der Waals surface area contributed by atoms with Gasteiger partial charge in [0, 0.05) is 43.9 Å². The van der Waals surface area contributed by atoms with Crippen molar-refractivity contribution in [2.24, 2.45) is 23.5 Å². The number of nitrogens with one attached hydrogen (secondary N) is 1. The zero-order valence-electron chi connectivity index (χ0n) is 24.0. The van der Waals surface area contributed by atoms with E-state index in [1.165, 1.54) is 25.3 Å². The van der Waals surface area contributed by atoms with Crippen molar-refractivity contribution in [3.8, 4) is 5.75 Å². The molecule has 15 nitrogen and oxygen atoms in total. The fourth-order valence-corrected chi connectivity index (χ4v) is 4.64. The highest BCUT2D eigenvalue weighted by molar-refractivity contribution is 5.99. The number of hydrogen-bond acceptors (Lipinski definition) is 8. The Labute approximate surface area is 245 Å². The average Bonchev–Trinajstić information content (AvgIpc) is 3.49. The first kappa shape index (κ1) is 30.2. The van der Waals surface area contributed by atoms with E-state index in [4.69, 9.17) is 16.2 Å². The fourth-order valence-electron chi connectivity index (χ4n) is 4.64. The summed E-state index contributed by atoms with van der Waals surface area (Å²) in [5.74, 6) is -1.57. The van der Waals surface area contributed by atoms with Crippen LogP contribution in [0.25, 0.3) is 11.0 Å². The number of methoxy groups -OCH3 is 1. The molecule has 0 fully saturated rings. The van der Waals surface area contributed by atoms with Gasteiger partial charge in [0.25, 0.3) is 11.6 Å². The molecule has 2 aromatic heterocycles. The number of carbonyl (C=O) groups excluding carboxylic acids is 3. The van der Waals surface area contributed by atoms with Crippen molar-refractivity contribution in [1.29, 1.82) is 0 Å². The molecule has 15 heteroatoms. The molecule has 0 aliphatic carbocycles. The quantitative estimate of drug-likeness (QED) is 0.134. The molecule has 0 saturated heterocycles. The van der Waals surface area contributed by atoms with Gasteiger partial charge in [-0.05, 0) is 44.2 Å². The van der Waals surface area contributed by atoms with E-state index in [0.29, 0.717) is 34.7 Å². The minimum Gasteiger partial charge on any atom is -0.494 e. The summed E-state index contributed by atoms with van der Waals surface area (Å²) in [7, 11) is 3.16. The second-order valence-electron chi connectivity index (χ2n) is 9.49. The highest BCUT2D eigenvalue weighted by Crippen LogP contribution is 2.28. The first-order valence-corrected chi connectivity index (χ1v) is 13.1. The predicted octanol–water partition coefficient (Wildman–Crippen LogP) is 2.03. The predicted molar refractivity (Wildman–Crippen MR) is 158 cm³/mol. The number of nitrogens with two attached hydrogens (primary N) is 2. The zero-order valence-corrected chi connectivity index (χ0v) is 24.0. The molecular weight excluding hydrogens is 558 g/mol. The lowest BCUT2D eigenvalue weighted by Crippen LogP contribution is -2.26. The van der Waals surface area contributed by atoms with Crippen molar-refractivity contribution in [2.75, 3.05) is 19.0 Å². The molecule has 2 heterocycles. The van der Waals surface area contributed by atoms with Crippen molar-refractivity contribution in [2.45, 2.75) is 26.9 Å². The zero-order chi connectivity index (χ0) is 31.4. The molecule has 0 atom stereocenters. The Morgan fingerprint density at radius 2 is 1.84 bits per heavy atom. The minimum absolute atomic E-state index is 0.0246. The van der Waals surface area contributed by atoms with E-state index in [9.17, 15) is 24.5 Å². The molecule has 0 spiro atoms. The van der Waals surface area contributed by atoms with Crippen LogP contribution in [0.5, 0.6) is 5.75 Å². The van der Waals surface area contributed by atoms with Crippen molar-refractivity contribution in [1.82, 2.24) is 18.9 Å². The van der Waals surface area contributed by atoms with Crippen molar-refractivity contribution in [3.05, 3.63) is 86.8 Å². The number of nitro benzene ring substituents is 1. The molecule has 224 valence electrons. The molecule has 0 radical (unpaired) electrons. The average molecular weight is 590 g/mol. The number of nitrogens with zero attached hydrogens (tertiary/aromatic N) is 6. The first-order chi connectivity index (χ1) is 20.5. The van der Waals surface area contributed by atoms with Gasteiger partial charge in [-0.15, -0.1) is 0 Å². The summed E-state index contributed by atoms with van der Waals surface area (Å²) in [5, 5.41) is 18.8. The number of carbonyl (C=O) groups is 3. The molecule has 0 saturated carbocycles. The number of imidazole rings is 1. The van der Waals surface area contributed by atoms with Crippen LogP contribution in [0.4, 0.5) is 11.4 Å². The van der Waals surface area contributed by atoms with Crippen LogP contribution in [0, 0.1) is 17.0 Å². The summed E-state index contributed by atoms with van der Waals surface area (Å²) in [6.45, 7) is 4.55. The van der Waals surface area contributed by atoms with Gasteiger partial charge in [0.15, 0.2) is 0 Å². The molecule has 4 rings (SSSR count). The summed E-state index contributed by atoms with van der Waals surface area (Å²) in [5.41, 5.74) is 13.4. The highest BCUT2D eigenvalue weighted by atomic mass is 16.6. The Balaban J connectivity index is 1.74. The Morgan fingerprint density at radius 3 is 2.47 bits per heavy atom. The number of nitro groups is 1. The van der Waals surface area contributed by atoms with E-state index in [1.807, 2.05) is 6.92 Å². The SMILES string of the molecule is CCn1nc(C)cc1C(=O)N=c1n(C)c2cc(C(N)=O)cc(OC)c2n1C/C=C/CNc1ccc(C(N)=O)cc1[N+](=O)[O-]. The highest BCUT2D eigenvalue weighted by Gasteiger charge is 2.20. The lowest BCUT2D eigenvalue weighted by atomic mass is 10.1. The molecule has 3 amide bonds. The van der Waals surface area contributed by atoms with Crippen LogP contribution in [0.2, 0.25) is 0 Å². The third-order valence-corrected chi connectivity index (χ3v) is 6.70. The summed E-state index contributed by atoms with van der Waals surface area (Å²) >= 11 is 0. The van der Waals surface area contributed by atoms with Crippen LogP contribution in [0.1, 0.15) is 43.8 Å². The van der Waals surface area contributed by atoms with Gasteiger partial charge in [-0.25, -0.2) is 0 Å².